The van der Waals surface area contributed by atoms with Crippen LogP contribution >= 0.6 is 0 Å². The van der Waals surface area contributed by atoms with Gasteiger partial charge in [0.25, 0.3) is 10.0 Å². The number of hydrogen-bond acceptors (Lipinski definition) is 3. The van der Waals surface area contributed by atoms with Crippen molar-refractivity contribution < 1.29 is 12.8 Å². The van der Waals surface area contributed by atoms with Gasteiger partial charge in [0.15, 0.2) is 5.03 Å². The molecule has 0 unspecified atom stereocenters. The molecule has 2 aromatic rings. The standard InChI is InChI=1S/C12H14FN3O2S/c1-3-11-14-8-12(15-11)19(17,18)16(2)10-7-5-4-6-9(10)13/h4-8H,3H2,1-2H3,(H,14,15). The molecule has 1 aromatic carbocycles. The number of aromatic nitrogens is 2. The zero-order valence-corrected chi connectivity index (χ0v) is 11.4. The van der Waals surface area contributed by atoms with E-state index in [1.165, 1.54) is 31.4 Å². The number of nitrogens with one attached hydrogen (secondary N) is 1. The maximum absolute atomic E-state index is 13.6. The second kappa shape index (κ2) is 5.00. The highest BCUT2D eigenvalue weighted by Gasteiger charge is 2.25. The lowest BCUT2D eigenvalue weighted by molar-refractivity contribution is 0.586. The van der Waals surface area contributed by atoms with Gasteiger partial charge < -0.3 is 4.98 Å². The summed E-state index contributed by atoms with van der Waals surface area (Å²) in [5.74, 6) is -0.0238. The van der Waals surface area contributed by atoms with Crippen molar-refractivity contribution in [3.05, 3.63) is 42.1 Å². The number of rotatable bonds is 4. The highest BCUT2D eigenvalue weighted by atomic mass is 32.2. The van der Waals surface area contributed by atoms with E-state index in [1.54, 1.807) is 6.07 Å². The van der Waals surface area contributed by atoms with Gasteiger partial charge >= 0.3 is 0 Å². The molecule has 0 saturated heterocycles. The molecule has 102 valence electrons. The van der Waals surface area contributed by atoms with E-state index in [-0.39, 0.29) is 10.7 Å². The minimum absolute atomic E-state index is 0.00449. The minimum Gasteiger partial charge on any atom is -0.332 e. The lowest BCUT2D eigenvalue weighted by Crippen LogP contribution is -2.27. The van der Waals surface area contributed by atoms with Crippen molar-refractivity contribution in [3.63, 3.8) is 0 Å². The van der Waals surface area contributed by atoms with E-state index in [1.807, 2.05) is 6.92 Å². The number of imidazole rings is 1. The molecule has 0 bridgehead atoms. The third-order valence-corrected chi connectivity index (χ3v) is 4.45. The van der Waals surface area contributed by atoms with Crippen LogP contribution < -0.4 is 4.31 Å². The van der Waals surface area contributed by atoms with E-state index in [9.17, 15) is 12.8 Å². The Labute approximate surface area is 111 Å². The molecule has 0 saturated carbocycles. The smallest absolute Gasteiger partial charge is 0.281 e. The summed E-state index contributed by atoms with van der Waals surface area (Å²) >= 11 is 0. The Bertz CT molecular complexity index is 682. The second-order valence-electron chi connectivity index (χ2n) is 3.97. The Hall–Kier alpha value is -1.89. The maximum atomic E-state index is 13.6. The topological polar surface area (TPSA) is 66.1 Å². The summed E-state index contributed by atoms with van der Waals surface area (Å²) in [5.41, 5.74) is -0.00449. The minimum atomic E-state index is -3.83. The van der Waals surface area contributed by atoms with E-state index >= 15 is 0 Å². The predicted octanol–water partition coefficient (Wildman–Crippen LogP) is 1.94. The van der Waals surface area contributed by atoms with Crippen LogP contribution in [0, 0.1) is 5.82 Å². The van der Waals surface area contributed by atoms with E-state index in [0.29, 0.717) is 12.2 Å². The van der Waals surface area contributed by atoms with E-state index < -0.39 is 15.8 Å². The summed E-state index contributed by atoms with van der Waals surface area (Å²) in [7, 11) is -2.52. The van der Waals surface area contributed by atoms with E-state index in [0.717, 1.165) is 4.31 Å². The van der Waals surface area contributed by atoms with E-state index in [4.69, 9.17) is 0 Å². The van der Waals surface area contributed by atoms with Gasteiger partial charge in [-0.05, 0) is 12.1 Å². The van der Waals surface area contributed by atoms with Crippen molar-refractivity contribution in [1.82, 2.24) is 9.97 Å². The van der Waals surface area contributed by atoms with Crippen molar-refractivity contribution >= 4 is 15.7 Å². The Morgan fingerprint density at radius 1 is 1.37 bits per heavy atom. The normalized spacial score (nSPS) is 11.5. The van der Waals surface area contributed by atoms with Crippen LogP contribution in [-0.2, 0) is 16.4 Å². The molecule has 5 nitrogen and oxygen atoms in total. The van der Waals surface area contributed by atoms with Crippen LogP contribution in [0.25, 0.3) is 0 Å². The molecule has 0 aliphatic heterocycles. The SMILES string of the molecule is CCc1ncc(S(=O)(=O)N(C)c2ccccc2F)[nH]1. The molecule has 0 aliphatic carbocycles. The van der Waals surface area contributed by atoms with Gasteiger partial charge in [0.2, 0.25) is 0 Å². The van der Waals surface area contributed by atoms with Crippen molar-refractivity contribution in [3.8, 4) is 0 Å². The Balaban J connectivity index is 2.42. The van der Waals surface area contributed by atoms with Crippen LogP contribution in [0.3, 0.4) is 0 Å². The third-order valence-electron chi connectivity index (χ3n) is 2.77. The fourth-order valence-electron chi connectivity index (χ4n) is 1.64. The van der Waals surface area contributed by atoms with Crippen LogP contribution in [-0.4, -0.2) is 25.4 Å². The number of hydrogen-bond donors (Lipinski definition) is 1. The van der Waals surface area contributed by atoms with Gasteiger partial charge in [-0.25, -0.2) is 9.37 Å². The highest BCUT2D eigenvalue weighted by Crippen LogP contribution is 2.23. The molecule has 0 amide bonds. The molecule has 0 spiro atoms. The summed E-state index contributed by atoms with van der Waals surface area (Å²) in [6.45, 7) is 1.86. The first-order valence-corrected chi connectivity index (χ1v) is 7.18. The molecule has 0 radical (unpaired) electrons. The number of halogens is 1. The Morgan fingerprint density at radius 2 is 2.05 bits per heavy atom. The number of aromatic amines is 1. The third kappa shape index (κ3) is 2.46. The van der Waals surface area contributed by atoms with Gasteiger partial charge in [-0.1, -0.05) is 19.1 Å². The Morgan fingerprint density at radius 3 is 2.63 bits per heavy atom. The average Bonchev–Trinajstić information content (AvgIpc) is 2.88. The van der Waals surface area contributed by atoms with Crippen molar-refractivity contribution in [2.75, 3.05) is 11.4 Å². The first kappa shape index (κ1) is 13.5. The van der Waals surface area contributed by atoms with Crippen LogP contribution in [0.15, 0.2) is 35.5 Å². The molecular weight excluding hydrogens is 269 g/mol. The summed E-state index contributed by atoms with van der Waals surface area (Å²) in [5, 5.41) is -0.0462. The number of anilines is 1. The number of benzene rings is 1. The number of H-pyrrole nitrogens is 1. The van der Waals surface area contributed by atoms with Crippen LogP contribution in [0.5, 0.6) is 0 Å². The highest BCUT2D eigenvalue weighted by molar-refractivity contribution is 7.92. The lowest BCUT2D eigenvalue weighted by Gasteiger charge is -2.18. The quantitative estimate of drug-likeness (QED) is 0.932. The fraction of sp³-hybridized carbons (Fsp3) is 0.250. The van der Waals surface area contributed by atoms with Gasteiger partial charge in [0.05, 0.1) is 11.9 Å². The fourth-order valence-corrected chi connectivity index (χ4v) is 2.77. The molecular formula is C12H14FN3O2S. The molecule has 1 N–H and O–H groups in total. The van der Waals surface area contributed by atoms with Crippen molar-refractivity contribution in [2.45, 2.75) is 18.4 Å². The molecule has 2 rings (SSSR count). The summed E-state index contributed by atoms with van der Waals surface area (Å²) in [6, 6.07) is 5.70. The summed E-state index contributed by atoms with van der Waals surface area (Å²) < 4.78 is 39.1. The summed E-state index contributed by atoms with van der Waals surface area (Å²) in [6.07, 6.45) is 1.84. The Kier molecular flexibility index (Phi) is 3.57. The second-order valence-corrected chi connectivity index (χ2v) is 5.91. The first-order chi connectivity index (χ1) is 8.96. The first-order valence-electron chi connectivity index (χ1n) is 5.74. The molecule has 0 fully saturated rings. The van der Waals surface area contributed by atoms with Gasteiger partial charge in [0, 0.05) is 13.5 Å². The number of nitrogens with zero attached hydrogens (tertiary/aromatic N) is 2. The largest absolute Gasteiger partial charge is 0.332 e. The lowest BCUT2D eigenvalue weighted by atomic mass is 10.3. The monoisotopic (exact) mass is 283 g/mol. The molecule has 1 aromatic heterocycles. The van der Waals surface area contributed by atoms with Crippen LogP contribution in [0.4, 0.5) is 10.1 Å². The predicted molar refractivity (Wildman–Crippen MR) is 70.0 cm³/mol. The van der Waals surface area contributed by atoms with Gasteiger partial charge in [0.1, 0.15) is 11.6 Å². The number of aryl methyl sites for hydroxylation is 1. The van der Waals surface area contributed by atoms with Crippen molar-refractivity contribution in [2.24, 2.45) is 0 Å². The number of sulfonamides is 1. The van der Waals surface area contributed by atoms with Crippen molar-refractivity contribution in [1.29, 1.82) is 0 Å². The molecule has 7 heteroatoms. The zero-order valence-electron chi connectivity index (χ0n) is 10.6. The van der Waals surface area contributed by atoms with Crippen LogP contribution in [0.2, 0.25) is 0 Å². The molecule has 1 heterocycles. The number of para-hydroxylation sites is 1. The zero-order chi connectivity index (χ0) is 14.0. The average molecular weight is 283 g/mol. The van der Waals surface area contributed by atoms with Gasteiger partial charge in [-0.2, -0.15) is 8.42 Å². The van der Waals surface area contributed by atoms with Gasteiger partial charge in [-0.3, -0.25) is 4.31 Å². The van der Waals surface area contributed by atoms with E-state index in [2.05, 4.69) is 9.97 Å². The molecule has 19 heavy (non-hydrogen) atoms. The maximum Gasteiger partial charge on any atom is 0.281 e. The van der Waals surface area contributed by atoms with Crippen LogP contribution in [0.1, 0.15) is 12.7 Å². The van der Waals surface area contributed by atoms with Gasteiger partial charge in [-0.15, -0.1) is 0 Å². The molecule has 0 aliphatic rings. The molecule has 0 atom stereocenters. The summed E-state index contributed by atoms with van der Waals surface area (Å²) in [4.78, 5) is 6.65.